The molecule has 0 bridgehead atoms. The zero-order valence-corrected chi connectivity index (χ0v) is 20.7. The van der Waals surface area contributed by atoms with Gasteiger partial charge in [0.1, 0.15) is 16.2 Å². The first-order chi connectivity index (χ1) is 15.0. The topological polar surface area (TPSA) is 55.7 Å². The van der Waals surface area contributed by atoms with Crippen LogP contribution in [-0.2, 0) is 19.3 Å². The van der Waals surface area contributed by atoms with Crippen LogP contribution in [0.2, 0.25) is 0 Å². The number of hydrogen-bond acceptors (Lipinski definition) is 6. The summed E-state index contributed by atoms with van der Waals surface area (Å²) in [5, 5.41) is 2.08. The summed E-state index contributed by atoms with van der Waals surface area (Å²) in [5.74, 6) is 1.04. The minimum Gasteiger partial charge on any atom is -0.293 e. The average molecular weight is 512 g/mol. The summed E-state index contributed by atoms with van der Waals surface area (Å²) in [6.07, 6.45) is 6.05. The number of thiophene rings is 1. The Morgan fingerprint density at radius 3 is 2.71 bits per heavy atom. The van der Waals surface area contributed by atoms with Crippen LogP contribution in [0.25, 0.3) is 20.4 Å². The number of benzene rings is 1. The first-order valence-corrected chi connectivity index (χ1v) is 13.1. The SMILES string of the molecule is CC(C)Cc1nc2sc3c(SCC(=O)c4ccc(Br)cc4)ncnc3c2c2c1CCC2. The molecule has 3 aromatic heterocycles. The molecule has 0 spiro atoms. The van der Waals surface area contributed by atoms with E-state index >= 15 is 0 Å². The second-order valence-corrected chi connectivity index (χ2v) is 11.2. The molecule has 7 heteroatoms. The number of carbonyl (C=O) groups excluding carboxylic acids is 1. The molecular weight excluding hydrogens is 490 g/mol. The molecule has 0 N–H and O–H groups in total. The number of Topliss-reactive ketones (excluding diaryl/α,β-unsaturated/α-hetero) is 1. The van der Waals surface area contributed by atoms with Crippen LogP contribution in [0, 0.1) is 5.92 Å². The highest BCUT2D eigenvalue weighted by Gasteiger charge is 2.24. The Balaban J connectivity index is 1.52. The van der Waals surface area contributed by atoms with Crippen molar-refractivity contribution in [3.63, 3.8) is 0 Å². The van der Waals surface area contributed by atoms with Crippen molar-refractivity contribution >= 4 is 65.2 Å². The molecule has 0 atom stereocenters. The summed E-state index contributed by atoms with van der Waals surface area (Å²) < 4.78 is 2.02. The van der Waals surface area contributed by atoms with E-state index in [1.54, 1.807) is 17.7 Å². The van der Waals surface area contributed by atoms with Gasteiger partial charge in [-0.2, -0.15) is 0 Å². The number of nitrogens with zero attached hydrogens (tertiary/aromatic N) is 3. The molecule has 0 saturated carbocycles. The van der Waals surface area contributed by atoms with Crippen LogP contribution in [0.15, 0.2) is 40.1 Å². The van der Waals surface area contributed by atoms with Gasteiger partial charge in [-0.3, -0.25) is 4.79 Å². The quantitative estimate of drug-likeness (QED) is 0.164. The number of aromatic nitrogens is 3. The number of ketones is 1. The Kier molecular flexibility index (Phi) is 5.84. The number of aryl methyl sites for hydroxylation is 1. The van der Waals surface area contributed by atoms with E-state index in [2.05, 4.69) is 39.7 Å². The molecule has 0 aliphatic heterocycles. The van der Waals surface area contributed by atoms with Crippen molar-refractivity contribution in [3.8, 4) is 0 Å². The van der Waals surface area contributed by atoms with E-state index in [1.165, 1.54) is 40.4 Å². The molecule has 4 aromatic rings. The minimum atomic E-state index is 0.101. The summed E-state index contributed by atoms with van der Waals surface area (Å²) >= 11 is 6.58. The number of thioether (sulfide) groups is 1. The van der Waals surface area contributed by atoms with Gasteiger partial charge in [0.25, 0.3) is 0 Å². The molecule has 0 fully saturated rings. The van der Waals surface area contributed by atoms with E-state index in [0.29, 0.717) is 11.7 Å². The number of pyridine rings is 1. The number of fused-ring (bicyclic) bond motifs is 5. The van der Waals surface area contributed by atoms with Gasteiger partial charge in [0.05, 0.1) is 16.0 Å². The van der Waals surface area contributed by atoms with Gasteiger partial charge >= 0.3 is 0 Å². The van der Waals surface area contributed by atoms with Gasteiger partial charge in [-0.05, 0) is 54.9 Å². The fraction of sp³-hybridized carbons (Fsp3) is 0.333. The van der Waals surface area contributed by atoms with Gasteiger partial charge in [-0.15, -0.1) is 11.3 Å². The van der Waals surface area contributed by atoms with Crippen LogP contribution >= 0.6 is 39.0 Å². The van der Waals surface area contributed by atoms with Crippen molar-refractivity contribution in [2.24, 2.45) is 5.92 Å². The molecule has 0 amide bonds. The predicted octanol–water partition coefficient (Wildman–Crippen LogP) is 6.66. The van der Waals surface area contributed by atoms with Crippen LogP contribution in [0.3, 0.4) is 0 Å². The van der Waals surface area contributed by atoms with E-state index in [-0.39, 0.29) is 5.78 Å². The number of halogens is 1. The highest BCUT2D eigenvalue weighted by Crippen LogP contribution is 2.42. The van der Waals surface area contributed by atoms with Crippen molar-refractivity contribution < 1.29 is 4.79 Å². The Labute approximate surface area is 198 Å². The van der Waals surface area contributed by atoms with Crippen molar-refractivity contribution in [1.29, 1.82) is 0 Å². The van der Waals surface area contributed by atoms with Crippen LogP contribution < -0.4 is 0 Å². The van der Waals surface area contributed by atoms with E-state index in [1.807, 2.05) is 24.3 Å². The molecule has 1 aliphatic carbocycles. The monoisotopic (exact) mass is 511 g/mol. The maximum Gasteiger partial charge on any atom is 0.173 e. The number of carbonyl (C=O) groups is 1. The Morgan fingerprint density at radius 2 is 1.94 bits per heavy atom. The standard InChI is InChI=1S/C24H22BrN3OS2/c1-13(2)10-18-16-4-3-5-17(16)20-21-22(31-23(20)28-18)24(27-12-26-21)30-11-19(29)14-6-8-15(25)9-7-14/h6-9,12-13H,3-5,10-11H2,1-2H3. The van der Waals surface area contributed by atoms with Crippen LogP contribution in [0.5, 0.6) is 0 Å². The normalized spacial score (nSPS) is 13.4. The lowest BCUT2D eigenvalue weighted by atomic mass is 9.99. The second kappa shape index (κ2) is 8.60. The Morgan fingerprint density at radius 1 is 1.16 bits per heavy atom. The third kappa shape index (κ3) is 4.03. The van der Waals surface area contributed by atoms with Gasteiger partial charge in [0.2, 0.25) is 0 Å². The maximum absolute atomic E-state index is 12.6. The van der Waals surface area contributed by atoms with Gasteiger partial charge in [0.15, 0.2) is 5.78 Å². The molecule has 0 unspecified atom stereocenters. The Bertz CT molecular complexity index is 1300. The van der Waals surface area contributed by atoms with Crippen LogP contribution in [-0.4, -0.2) is 26.5 Å². The number of rotatable bonds is 6. The highest BCUT2D eigenvalue weighted by atomic mass is 79.9. The lowest BCUT2D eigenvalue weighted by molar-refractivity contribution is 0.102. The average Bonchev–Trinajstić information content (AvgIpc) is 3.36. The molecular formula is C24H22BrN3OS2. The highest BCUT2D eigenvalue weighted by molar-refractivity contribution is 9.10. The molecule has 0 saturated heterocycles. The summed E-state index contributed by atoms with van der Waals surface area (Å²) in [7, 11) is 0. The maximum atomic E-state index is 12.6. The molecule has 4 nitrogen and oxygen atoms in total. The van der Waals surface area contributed by atoms with Crippen LogP contribution in [0.4, 0.5) is 0 Å². The zero-order valence-electron chi connectivity index (χ0n) is 17.4. The summed E-state index contributed by atoms with van der Waals surface area (Å²) in [6, 6.07) is 7.50. The summed E-state index contributed by atoms with van der Waals surface area (Å²) in [5.41, 5.74) is 5.85. The predicted molar refractivity (Wildman–Crippen MR) is 132 cm³/mol. The largest absolute Gasteiger partial charge is 0.293 e. The van der Waals surface area contributed by atoms with Crippen molar-refractivity contribution in [2.45, 2.75) is 44.6 Å². The molecule has 0 radical (unpaired) electrons. The first kappa shape index (κ1) is 21.0. The lowest BCUT2D eigenvalue weighted by Gasteiger charge is -2.11. The van der Waals surface area contributed by atoms with Gasteiger partial charge in [-0.25, -0.2) is 15.0 Å². The molecule has 3 heterocycles. The smallest absolute Gasteiger partial charge is 0.173 e. The summed E-state index contributed by atoms with van der Waals surface area (Å²) in [6.45, 7) is 4.50. The van der Waals surface area contributed by atoms with Crippen molar-refractivity contribution in [1.82, 2.24) is 15.0 Å². The third-order valence-corrected chi connectivity index (χ3v) is 8.36. The van der Waals surface area contributed by atoms with Crippen LogP contribution in [0.1, 0.15) is 47.4 Å². The fourth-order valence-corrected chi connectivity index (χ4v) is 6.68. The molecule has 1 aromatic carbocycles. The second-order valence-electron chi connectivity index (χ2n) is 8.32. The zero-order chi connectivity index (χ0) is 21.5. The fourth-order valence-electron chi connectivity index (χ4n) is 4.27. The molecule has 158 valence electrons. The molecule has 1 aliphatic rings. The van der Waals surface area contributed by atoms with Gasteiger partial charge < -0.3 is 0 Å². The van der Waals surface area contributed by atoms with E-state index in [0.717, 1.165) is 49.4 Å². The van der Waals surface area contributed by atoms with Crippen molar-refractivity contribution in [2.75, 3.05) is 5.75 Å². The molecule has 31 heavy (non-hydrogen) atoms. The van der Waals surface area contributed by atoms with E-state index < -0.39 is 0 Å². The van der Waals surface area contributed by atoms with E-state index in [4.69, 9.17) is 4.98 Å². The third-order valence-electron chi connectivity index (χ3n) is 5.63. The lowest BCUT2D eigenvalue weighted by Crippen LogP contribution is -2.03. The van der Waals surface area contributed by atoms with Gasteiger partial charge in [-0.1, -0.05) is 53.7 Å². The molecule has 5 rings (SSSR count). The minimum absolute atomic E-state index is 0.101. The summed E-state index contributed by atoms with van der Waals surface area (Å²) in [4.78, 5) is 28.0. The Hall–Kier alpha value is -1.83. The van der Waals surface area contributed by atoms with Crippen molar-refractivity contribution in [3.05, 3.63) is 57.4 Å². The first-order valence-electron chi connectivity index (χ1n) is 10.5. The van der Waals surface area contributed by atoms with E-state index in [9.17, 15) is 4.79 Å². The number of hydrogen-bond donors (Lipinski definition) is 0. The van der Waals surface area contributed by atoms with Gasteiger partial charge in [0, 0.05) is 21.1 Å².